The van der Waals surface area contributed by atoms with E-state index in [2.05, 4.69) is 0 Å². The first kappa shape index (κ1) is 10.3. The van der Waals surface area contributed by atoms with Crippen molar-refractivity contribution in [2.75, 3.05) is 13.2 Å². The van der Waals surface area contributed by atoms with Crippen LogP contribution in [0.3, 0.4) is 0 Å². The molecule has 0 heterocycles. The molecule has 0 atom stereocenters. The van der Waals surface area contributed by atoms with Crippen LogP contribution in [0.5, 0.6) is 5.75 Å². The maximum Gasteiger partial charge on any atom is 0.120 e. The molecule has 0 spiro atoms. The molecular weight excluding hydrogens is 190 g/mol. The first-order chi connectivity index (χ1) is 6.27. The first-order valence-corrected chi connectivity index (χ1v) is 4.38. The Morgan fingerprint density at radius 3 is 2.77 bits per heavy atom. The summed E-state index contributed by atoms with van der Waals surface area (Å²) in [6.07, 6.45) is 0. The Balaban J connectivity index is 2.71. The molecule has 72 valence electrons. The molecule has 3 nitrogen and oxygen atoms in total. The molecule has 0 bridgehead atoms. The minimum Gasteiger partial charge on any atom is -0.491 e. The van der Waals surface area contributed by atoms with Gasteiger partial charge in [-0.25, -0.2) is 0 Å². The molecule has 0 saturated heterocycles. The van der Waals surface area contributed by atoms with Gasteiger partial charge in [0.2, 0.25) is 0 Å². The molecule has 0 radical (unpaired) electrons. The monoisotopic (exact) mass is 201 g/mol. The van der Waals surface area contributed by atoms with Gasteiger partial charge in [-0.05, 0) is 17.7 Å². The van der Waals surface area contributed by atoms with Gasteiger partial charge < -0.3 is 15.6 Å². The zero-order valence-corrected chi connectivity index (χ0v) is 7.92. The fourth-order valence-electron chi connectivity index (χ4n) is 0.947. The fourth-order valence-corrected chi connectivity index (χ4v) is 1.19. The summed E-state index contributed by atoms with van der Waals surface area (Å²) in [6, 6.07) is 5.29. The van der Waals surface area contributed by atoms with Gasteiger partial charge in [0.1, 0.15) is 12.4 Å². The summed E-state index contributed by atoms with van der Waals surface area (Å²) in [5.74, 6) is 0.649. The van der Waals surface area contributed by atoms with Gasteiger partial charge in [0.15, 0.2) is 0 Å². The molecule has 13 heavy (non-hydrogen) atoms. The lowest BCUT2D eigenvalue weighted by molar-refractivity contribution is 0.201. The summed E-state index contributed by atoms with van der Waals surface area (Å²) in [4.78, 5) is 0. The number of aliphatic hydroxyl groups excluding tert-OH is 1. The van der Waals surface area contributed by atoms with E-state index in [1.54, 1.807) is 12.1 Å². The number of nitrogens with two attached hydrogens (primary N) is 1. The Kier molecular flexibility index (Phi) is 4.02. The van der Waals surface area contributed by atoms with E-state index < -0.39 is 0 Å². The summed E-state index contributed by atoms with van der Waals surface area (Å²) >= 11 is 5.89. The van der Waals surface area contributed by atoms with Crippen LogP contribution in [-0.2, 0) is 6.54 Å². The summed E-state index contributed by atoms with van der Waals surface area (Å²) in [7, 11) is 0. The second kappa shape index (κ2) is 5.07. The lowest BCUT2D eigenvalue weighted by Crippen LogP contribution is -2.02. The number of hydrogen-bond acceptors (Lipinski definition) is 3. The summed E-state index contributed by atoms with van der Waals surface area (Å²) in [6.45, 7) is 0.688. The number of ether oxygens (including phenoxy) is 1. The topological polar surface area (TPSA) is 55.5 Å². The summed E-state index contributed by atoms with van der Waals surface area (Å²) < 4.78 is 5.16. The molecule has 0 aliphatic heterocycles. The molecule has 1 rings (SSSR count). The second-order valence-electron chi connectivity index (χ2n) is 2.53. The SMILES string of the molecule is NCc1ccc(OCCO)cc1Cl. The third-order valence-electron chi connectivity index (χ3n) is 1.60. The number of rotatable bonds is 4. The van der Waals surface area contributed by atoms with Crippen LogP contribution in [0.1, 0.15) is 5.56 Å². The summed E-state index contributed by atoms with van der Waals surface area (Å²) in [5.41, 5.74) is 6.32. The highest BCUT2D eigenvalue weighted by atomic mass is 35.5. The zero-order valence-electron chi connectivity index (χ0n) is 7.16. The third-order valence-corrected chi connectivity index (χ3v) is 1.96. The van der Waals surface area contributed by atoms with Gasteiger partial charge in [-0.15, -0.1) is 0 Å². The Morgan fingerprint density at radius 2 is 2.23 bits per heavy atom. The zero-order chi connectivity index (χ0) is 9.68. The third kappa shape index (κ3) is 2.88. The minimum atomic E-state index is -0.00371. The van der Waals surface area contributed by atoms with Crippen molar-refractivity contribution in [1.29, 1.82) is 0 Å². The molecule has 0 fully saturated rings. The predicted octanol–water partition coefficient (Wildman–Crippen LogP) is 1.17. The highest BCUT2D eigenvalue weighted by Gasteiger charge is 2.00. The van der Waals surface area contributed by atoms with Gasteiger partial charge in [0.25, 0.3) is 0 Å². The lowest BCUT2D eigenvalue weighted by atomic mass is 10.2. The van der Waals surface area contributed by atoms with Crippen LogP contribution in [0.25, 0.3) is 0 Å². The fraction of sp³-hybridized carbons (Fsp3) is 0.333. The van der Waals surface area contributed by atoms with Crippen molar-refractivity contribution < 1.29 is 9.84 Å². The Labute approximate surface area is 82.1 Å². The summed E-state index contributed by atoms with van der Waals surface area (Å²) in [5, 5.41) is 9.11. The number of aliphatic hydroxyl groups is 1. The van der Waals surface area contributed by atoms with Crippen LogP contribution in [0.4, 0.5) is 0 Å². The molecule has 0 unspecified atom stereocenters. The smallest absolute Gasteiger partial charge is 0.120 e. The van der Waals surface area contributed by atoms with E-state index in [0.717, 1.165) is 5.56 Å². The van der Waals surface area contributed by atoms with Crippen LogP contribution in [0.15, 0.2) is 18.2 Å². The first-order valence-electron chi connectivity index (χ1n) is 4.00. The maximum atomic E-state index is 8.52. The van der Waals surface area contributed by atoms with E-state index in [4.69, 9.17) is 27.2 Å². The van der Waals surface area contributed by atoms with E-state index in [1.807, 2.05) is 6.07 Å². The average Bonchev–Trinajstić information content (AvgIpc) is 2.15. The van der Waals surface area contributed by atoms with E-state index in [-0.39, 0.29) is 13.2 Å². The molecule has 4 heteroatoms. The maximum absolute atomic E-state index is 8.52. The van der Waals surface area contributed by atoms with Crippen LogP contribution in [0, 0.1) is 0 Å². The normalized spacial score (nSPS) is 10.1. The van der Waals surface area contributed by atoms with E-state index in [9.17, 15) is 0 Å². The number of benzene rings is 1. The van der Waals surface area contributed by atoms with Gasteiger partial charge >= 0.3 is 0 Å². The molecule has 3 N–H and O–H groups in total. The largest absolute Gasteiger partial charge is 0.491 e. The standard InChI is InChI=1S/C9H12ClNO2/c10-9-5-8(13-4-3-12)2-1-7(9)6-11/h1-2,5,12H,3-4,6,11H2. The van der Waals surface area contributed by atoms with Crippen molar-refractivity contribution in [1.82, 2.24) is 0 Å². The van der Waals surface area contributed by atoms with E-state index in [1.165, 1.54) is 0 Å². The van der Waals surface area contributed by atoms with Gasteiger partial charge in [0.05, 0.1) is 6.61 Å². The van der Waals surface area contributed by atoms with Crippen LogP contribution in [-0.4, -0.2) is 18.3 Å². The number of halogens is 1. The van der Waals surface area contributed by atoms with Crippen LogP contribution >= 0.6 is 11.6 Å². The molecule has 1 aromatic rings. The number of hydrogen-bond donors (Lipinski definition) is 2. The predicted molar refractivity (Wildman–Crippen MR) is 51.9 cm³/mol. The minimum absolute atomic E-state index is 0.00371. The van der Waals surface area contributed by atoms with Crippen molar-refractivity contribution >= 4 is 11.6 Å². The van der Waals surface area contributed by atoms with Gasteiger partial charge in [-0.3, -0.25) is 0 Å². The molecule has 0 saturated carbocycles. The molecule has 0 aliphatic carbocycles. The van der Waals surface area contributed by atoms with E-state index >= 15 is 0 Å². The molecule has 1 aromatic carbocycles. The Hall–Kier alpha value is -0.770. The van der Waals surface area contributed by atoms with Crippen molar-refractivity contribution in [2.24, 2.45) is 5.73 Å². The van der Waals surface area contributed by atoms with E-state index in [0.29, 0.717) is 17.3 Å². The molecular formula is C9H12ClNO2. The Morgan fingerprint density at radius 1 is 1.46 bits per heavy atom. The quantitative estimate of drug-likeness (QED) is 0.769. The second-order valence-corrected chi connectivity index (χ2v) is 2.94. The van der Waals surface area contributed by atoms with Gasteiger partial charge in [-0.2, -0.15) is 0 Å². The highest BCUT2D eigenvalue weighted by Crippen LogP contribution is 2.21. The molecule has 0 amide bonds. The highest BCUT2D eigenvalue weighted by molar-refractivity contribution is 6.31. The van der Waals surface area contributed by atoms with Crippen LogP contribution < -0.4 is 10.5 Å². The average molecular weight is 202 g/mol. The van der Waals surface area contributed by atoms with Crippen molar-refractivity contribution in [2.45, 2.75) is 6.54 Å². The molecule has 0 aromatic heterocycles. The van der Waals surface area contributed by atoms with Crippen molar-refractivity contribution in [3.63, 3.8) is 0 Å². The lowest BCUT2D eigenvalue weighted by Gasteiger charge is -2.06. The van der Waals surface area contributed by atoms with Crippen molar-refractivity contribution in [3.05, 3.63) is 28.8 Å². The Bertz CT molecular complexity index is 278. The van der Waals surface area contributed by atoms with Gasteiger partial charge in [-0.1, -0.05) is 17.7 Å². The van der Waals surface area contributed by atoms with Crippen molar-refractivity contribution in [3.8, 4) is 5.75 Å². The molecule has 0 aliphatic rings. The van der Waals surface area contributed by atoms with Crippen LogP contribution in [0.2, 0.25) is 5.02 Å². The van der Waals surface area contributed by atoms with Gasteiger partial charge in [0, 0.05) is 11.6 Å².